The molecular formula is C17H17N3O3S2. The Kier molecular flexibility index (Phi) is 5.72. The third-order valence-corrected chi connectivity index (χ3v) is 5.29. The zero-order chi connectivity index (χ0) is 17.6. The molecule has 1 N–H and O–H groups in total. The molecule has 0 spiro atoms. The van der Waals surface area contributed by atoms with Crippen molar-refractivity contribution in [2.45, 2.75) is 18.2 Å². The van der Waals surface area contributed by atoms with Crippen molar-refractivity contribution in [3.63, 3.8) is 0 Å². The molecule has 1 aromatic carbocycles. The number of nitrogens with zero attached hydrogens (tertiary/aromatic N) is 2. The van der Waals surface area contributed by atoms with Gasteiger partial charge in [0, 0.05) is 10.4 Å². The second-order valence-electron chi connectivity index (χ2n) is 5.19. The molecule has 0 aliphatic carbocycles. The Bertz CT molecular complexity index is 816. The third kappa shape index (κ3) is 4.61. The summed E-state index contributed by atoms with van der Waals surface area (Å²) in [5.74, 6) is 1.32. The summed E-state index contributed by atoms with van der Waals surface area (Å²) in [6, 6.07) is 11.3. The first kappa shape index (κ1) is 17.5. The lowest BCUT2D eigenvalue weighted by Crippen LogP contribution is -2.27. The zero-order valence-corrected chi connectivity index (χ0v) is 15.4. The maximum Gasteiger partial charge on any atom is 0.277 e. The molecule has 6 nitrogen and oxygen atoms in total. The van der Waals surface area contributed by atoms with Gasteiger partial charge in [-0.15, -0.1) is 21.5 Å². The number of hydrogen-bond acceptors (Lipinski definition) is 7. The molecule has 25 heavy (non-hydrogen) atoms. The smallest absolute Gasteiger partial charge is 0.277 e. The summed E-state index contributed by atoms with van der Waals surface area (Å²) in [6.07, 6.45) is 0. The summed E-state index contributed by atoms with van der Waals surface area (Å²) in [4.78, 5) is 13.2. The van der Waals surface area contributed by atoms with E-state index in [9.17, 15) is 4.79 Å². The highest BCUT2D eigenvalue weighted by atomic mass is 32.2. The van der Waals surface area contributed by atoms with Crippen molar-refractivity contribution in [3.8, 4) is 17.2 Å². The second kappa shape index (κ2) is 8.17. The van der Waals surface area contributed by atoms with Gasteiger partial charge in [-0.3, -0.25) is 4.79 Å². The van der Waals surface area contributed by atoms with Crippen LogP contribution in [0.25, 0.3) is 11.5 Å². The molecule has 2 heterocycles. The van der Waals surface area contributed by atoms with Crippen LogP contribution < -0.4 is 10.1 Å². The summed E-state index contributed by atoms with van der Waals surface area (Å²) < 4.78 is 10.7. The number of methoxy groups -OCH3 is 1. The Labute approximate surface area is 153 Å². The lowest BCUT2D eigenvalue weighted by Gasteiger charge is -2.11. The van der Waals surface area contributed by atoms with Gasteiger partial charge in [-0.05, 0) is 42.6 Å². The number of thioether (sulfide) groups is 1. The van der Waals surface area contributed by atoms with Crippen LogP contribution in [0, 0.1) is 0 Å². The van der Waals surface area contributed by atoms with Crippen LogP contribution in [-0.2, 0) is 4.79 Å². The van der Waals surface area contributed by atoms with Gasteiger partial charge in [0.25, 0.3) is 5.22 Å². The number of ether oxygens (including phenoxy) is 1. The predicted molar refractivity (Wildman–Crippen MR) is 97.9 cm³/mol. The third-order valence-electron chi connectivity index (χ3n) is 3.42. The van der Waals surface area contributed by atoms with Crippen LogP contribution in [0.2, 0.25) is 0 Å². The average Bonchev–Trinajstić information content (AvgIpc) is 3.32. The highest BCUT2D eigenvalue weighted by Gasteiger charge is 2.14. The van der Waals surface area contributed by atoms with Gasteiger partial charge in [0.1, 0.15) is 5.75 Å². The predicted octanol–water partition coefficient (Wildman–Crippen LogP) is 3.78. The number of nitrogens with one attached hydrogen (secondary N) is 1. The number of rotatable bonds is 7. The fourth-order valence-electron chi connectivity index (χ4n) is 2.14. The minimum absolute atomic E-state index is 0.00866. The molecule has 130 valence electrons. The highest BCUT2D eigenvalue weighted by Crippen LogP contribution is 2.25. The largest absolute Gasteiger partial charge is 0.497 e. The zero-order valence-electron chi connectivity index (χ0n) is 13.8. The number of hydrogen-bond donors (Lipinski definition) is 1. The molecule has 1 atom stereocenters. The van der Waals surface area contributed by atoms with Gasteiger partial charge in [0.2, 0.25) is 11.8 Å². The van der Waals surface area contributed by atoms with Crippen LogP contribution in [-0.4, -0.2) is 29.0 Å². The van der Waals surface area contributed by atoms with E-state index in [0.717, 1.165) is 16.2 Å². The van der Waals surface area contributed by atoms with Crippen molar-refractivity contribution < 1.29 is 13.9 Å². The fourth-order valence-corrected chi connectivity index (χ4v) is 3.45. The highest BCUT2D eigenvalue weighted by molar-refractivity contribution is 7.99. The van der Waals surface area contributed by atoms with E-state index in [1.54, 1.807) is 18.4 Å². The molecule has 0 fully saturated rings. The Morgan fingerprint density at radius 2 is 2.12 bits per heavy atom. The van der Waals surface area contributed by atoms with Crippen molar-refractivity contribution in [2.24, 2.45) is 0 Å². The van der Waals surface area contributed by atoms with Crippen molar-refractivity contribution in [3.05, 3.63) is 46.7 Å². The molecule has 0 saturated heterocycles. The van der Waals surface area contributed by atoms with E-state index < -0.39 is 0 Å². The van der Waals surface area contributed by atoms with Gasteiger partial charge in [-0.1, -0.05) is 17.8 Å². The number of benzene rings is 1. The summed E-state index contributed by atoms with van der Waals surface area (Å²) >= 11 is 2.84. The average molecular weight is 375 g/mol. The maximum atomic E-state index is 12.0. The Morgan fingerprint density at radius 1 is 1.32 bits per heavy atom. The van der Waals surface area contributed by atoms with Crippen LogP contribution >= 0.6 is 23.1 Å². The minimum Gasteiger partial charge on any atom is -0.497 e. The molecule has 0 radical (unpaired) electrons. The van der Waals surface area contributed by atoms with Crippen LogP contribution in [0.5, 0.6) is 5.75 Å². The standard InChI is InChI=1S/C17H17N3O3S2/c1-11(14-4-3-9-24-14)18-15(21)10-25-17-20-19-16(23-17)12-5-7-13(22-2)8-6-12/h3-9,11H,10H2,1-2H3,(H,18,21)/t11-/m0/s1. The SMILES string of the molecule is COc1ccc(-c2nnc(SCC(=O)N[C@@H](C)c3cccs3)o2)cc1. The first-order valence-corrected chi connectivity index (χ1v) is 9.45. The van der Waals surface area contributed by atoms with E-state index >= 15 is 0 Å². The normalized spacial score (nSPS) is 11.9. The summed E-state index contributed by atoms with van der Waals surface area (Å²) in [6.45, 7) is 1.96. The van der Waals surface area contributed by atoms with Gasteiger partial charge in [-0.25, -0.2) is 0 Å². The Hall–Kier alpha value is -2.32. The van der Waals surface area contributed by atoms with Crippen LogP contribution in [0.1, 0.15) is 17.8 Å². The van der Waals surface area contributed by atoms with Crippen LogP contribution in [0.15, 0.2) is 51.4 Å². The number of thiophene rings is 1. The molecule has 0 aliphatic rings. The summed E-state index contributed by atoms with van der Waals surface area (Å²) in [5, 5.41) is 13.3. The number of carbonyl (C=O) groups excluding carboxylic acids is 1. The topological polar surface area (TPSA) is 77.2 Å². The Balaban J connectivity index is 1.53. The quantitative estimate of drug-likeness (QED) is 0.633. The van der Waals surface area contributed by atoms with Crippen LogP contribution in [0.3, 0.4) is 0 Å². The van der Waals surface area contributed by atoms with E-state index in [1.807, 2.05) is 48.7 Å². The van der Waals surface area contributed by atoms with E-state index in [2.05, 4.69) is 15.5 Å². The molecule has 8 heteroatoms. The second-order valence-corrected chi connectivity index (χ2v) is 7.10. The number of carbonyl (C=O) groups is 1. The van der Waals surface area contributed by atoms with Crippen LogP contribution in [0.4, 0.5) is 0 Å². The lowest BCUT2D eigenvalue weighted by molar-refractivity contribution is -0.119. The molecule has 0 bridgehead atoms. The van der Waals surface area contributed by atoms with Crippen molar-refractivity contribution >= 4 is 29.0 Å². The minimum atomic E-state index is -0.0740. The number of amides is 1. The Morgan fingerprint density at radius 3 is 2.80 bits per heavy atom. The van der Waals surface area contributed by atoms with E-state index in [1.165, 1.54) is 11.8 Å². The van der Waals surface area contributed by atoms with Gasteiger partial charge in [0.15, 0.2) is 0 Å². The lowest BCUT2D eigenvalue weighted by atomic mass is 10.2. The summed E-state index contributed by atoms with van der Waals surface area (Å²) in [7, 11) is 1.61. The van der Waals surface area contributed by atoms with Crippen molar-refractivity contribution in [1.29, 1.82) is 0 Å². The number of aromatic nitrogens is 2. The van der Waals surface area contributed by atoms with Gasteiger partial charge in [-0.2, -0.15) is 0 Å². The molecule has 0 saturated carbocycles. The van der Waals surface area contributed by atoms with Crippen molar-refractivity contribution in [1.82, 2.24) is 15.5 Å². The molecule has 1 amide bonds. The fraction of sp³-hybridized carbons (Fsp3) is 0.235. The molecule has 2 aromatic heterocycles. The molecular weight excluding hydrogens is 358 g/mol. The van der Waals surface area contributed by atoms with Gasteiger partial charge in [0.05, 0.1) is 18.9 Å². The monoisotopic (exact) mass is 375 g/mol. The van der Waals surface area contributed by atoms with E-state index in [0.29, 0.717) is 11.1 Å². The van der Waals surface area contributed by atoms with E-state index in [4.69, 9.17) is 9.15 Å². The van der Waals surface area contributed by atoms with Crippen molar-refractivity contribution in [2.75, 3.05) is 12.9 Å². The first-order valence-electron chi connectivity index (χ1n) is 7.59. The maximum absolute atomic E-state index is 12.0. The van der Waals surface area contributed by atoms with Gasteiger partial charge < -0.3 is 14.5 Å². The van der Waals surface area contributed by atoms with Gasteiger partial charge >= 0.3 is 0 Å². The molecule has 3 aromatic rings. The molecule has 0 aliphatic heterocycles. The molecule has 0 unspecified atom stereocenters. The first-order chi connectivity index (χ1) is 12.2. The van der Waals surface area contributed by atoms with E-state index in [-0.39, 0.29) is 17.7 Å². The summed E-state index contributed by atoms with van der Waals surface area (Å²) in [5.41, 5.74) is 0.802. The molecule has 3 rings (SSSR count).